The van der Waals surface area contributed by atoms with Crippen LogP contribution in [-0.4, -0.2) is 11.7 Å². The smallest absolute Gasteiger partial charge is 0.161 e. The maximum absolute atomic E-state index is 13.4. The van der Waals surface area contributed by atoms with Gasteiger partial charge in [-0.2, -0.15) is 0 Å². The van der Waals surface area contributed by atoms with Gasteiger partial charge in [-0.1, -0.05) is 12.1 Å². The van der Waals surface area contributed by atoms with Gasteiger partial charge in [-0.05, 0) is 30.2 Å². The predicted molar refractivity (Wildman–Crippen MR) is 70.9 cm³/mol. The number of anilines is 1. The molecule has 2 aromatic carbocycles. The maximum Gasteiger partial charge on any atom is 0.161 e. The highest BCUT2D eigenvalue weighted by atomic mass is 19.2. The lowest BCUT2D eigenvalue weighted by molar-refractivity contribution is 0.299. The molecule has 0 saturated carbocycles. The van der Waals surface area contributed by atoms with Gasteiger partial charge in [0.05, 0.1) is 0 Å². The van der Waals surface area contributed by atoms with Crippen molar-refractivity contribution in [2.75, 3.05) is 11.9 Å². The Kier molecular flexibility index (Phi) is 4.63. The first-order valence-electron chi connectivity index (χ1n) is 6.17. The molecule has 2 aromatic rings. The highest BCUT2D eigenvalue weighted by Gasteiger charge is 2.09. The molecule has 0 spiro atoms. The van der Waals surface area contributed by atoms with E-state index in [1.54, 1.807) is 12.1 Å². The number of aliphatic hydroxyl groups excluding tert-OH is 1. The molecular weight excluding hydrogens is 267 g/mol. The van der Waals surface area contributed by atoms with Crippen molar-refractivity contribution >= 4 is 5.69 Å². The van der Waals surface area contributed by atoms with Crippen LogP contribution in [0.15, 0.2) is 36.4 Å². The molecule has 0 aliphatic rings. The molecule has 0 amide bonds. The Hall–Kier alpha value is -2.01. The summed E-state index contributed by atoms with van der Waals surface area (Å²) in [5, 5.41) is 11.7. The highest BCUT2D eigenvalue weighted by Crippen LogP contribution is 2.16. The summed E-state index contributed by atoms with van der Waals surface area (Å²) in [6.07, 6.45) is 0.568. The molecule has 5 heteroatoms. The zero-order valence-corrected chi connectivity index (χ0v) is 10.7. The summed E-state index contributed by atoms with van der Waals surface area (Å²) >= 11 is 0. The molecule has 20 heavy (non-hydrogen) atoms. The molecule has 0 heterocycles. The molecular formula is C15H14F3NO. The van der Waals surface area contributed by atoms with Crippen molar-refractivity contribution < 1.29 is 18.3 Å². The Morgan fingerprint density at radius 2 is 1.55 bits per heavy atom. The first kappa shape index (κ1) is 14.4. The molecule has 2 nitrogen and oxygen atoms in total. The molecule has 0 aliphatic heterocycles. The van der Waals surface area contributed by atoms with Gasteiger partial charge in [0.2, 0.25) is 0 Å². The van der Waals surface area contributed by atoms with E-state index >= 15 is 0 Å². The van der Waals surface area contributed by atoms with Crippen molar-refractivity contribution in [2.24, 2.45) is 0 Å². The van der Waals surface area contributed by atoms with E-state index in [1.807, 2.05) is 12.1 Å². The summed E-state index contributed by atoms with van der Waals surface area (Å²) in [7, 11) is 0. The normalized spacial score (nSPS) is 10.6. The molecule has 2 rings (SSSR count). The lowest BCUT2D eigenvalue weighted by atomic mass is 10.1. The zero-order valence-electron chi connectivity index (χ0n) is 10.7. The minimum atomic E-state index is -1.19. The monoisotopic (exact) mass is 281 g/mol. The molecule has 106 valence electrons. The van der Waals surface area contributed by atoms with Gasteiger partial charge < -0.3 is 10.4 Å². The van der Waals surface area contributed by atoms with E-state index in [4.69, 9.17) is 5.11 Å². The molecule has 2 N–H and O–H groups in total. The second-order valence-corrected chi connectivity index (χ2v) is 4.38. The van der Waals surface area contributed by atoms with Crippen LogP contribution in [0.3, 0.4) is 0 Å². The third-order valence-electron chi connectivity index (χ3n) is 2.93. The number of hydrogen-bond acceptors (Lipinski definition) is 2. The van der Waals surface area contributed by atoms with Crippen LogP contribution in [-0.2, 0) is 13.0 Å². The Labute approximate surface area is 114 Å². The van der Waals surface area contributed by atoms with Crippen molar-refractivity contribution in [1.29, 1.82) is 0 Å². The van der Waals surface area contributed by atoms with Gasteiger partial charge in [-0.15, -0.1) is 0 Å². The fraction of sp³-hybridized carbons (Fsp3) is 0.200. The van der Waals surface area contributed by atoms with Gasteiger partial charge >= 0.3 is 0 Å². The van der Waals surface area contributed by atoms with Crippen LogP contribution in [0.5, 0.6) is 0 Å². The Bertz CT molecular complexity index is 584. The Balaban J connectivity index is 2.03. The molecule has 0 saturated heterocycles. The van der Waals surface area contributed by atoms with Gasteiger partial charge in [0.15, 0.2) is 11.6 Å². The van der Waals surface area contributed by atoms with Gasteiger partial charge in [0, 0.05) is 30.5 Å². The predicted octanol–water partition coefficient (Wildman–Crippen LogP) is 3.25. The van der Waals surface area contributed by atoms with E-state index in [2.05, 4.69) is 5.32 Å². The van der Waals surface area contributed by atoms with E-state index in [0.717, 1.165) is 17.3 Å². The van der Waals surface area contributed by atoms with E-state index in [-0.39, 0.29) is 18.7 Å². The number of halogens is 3. The topological polar surface area (TPSA) is 32.3 Å². The molecule has 0 aromatic heterocycles. The summed E-state index contributed by atoms with van der Waals surface area (Å²) in [5.41, 5.74) is 1.77. The number of rotatable bonds is 5. The summed E-state index contributed by atoms with van der Waals surface area (Å²) in [6.45, 7) is 0.134. The minimum Gasteiger partial charge on any atom is -0.396 e. The fourth-order valence-corrected chi connectivity index (χ4v) is 1.81. The van der Waals surface area contributed by atoms with Crippen molar-refractivity contribution in [1.82, 2.24) is 0 Å². The first-order valence-corrected chi connectivity index (χ1v) is 6.17. The molecule has 0 fully saturated rings. The average Bonchev–Trinajstić information content (AvgIpc) is 2.43. The molecule has 0 unspecified atom stereocenters. The van der Waals surface area contributed by atoms with Gasteiger partial charge in [-0.3, -0.25) is 0 Å². The second-order valence-electron chi connectivity index (χ2n) is 4.38. The highest BCUT2D eigenvalue weighted by molar-refractivity contribution is 5.45. The summed E-state index contributed by atoms with van der Waals surface area (Å²) in [4.78, 5) is 0. The van der Waals surface area contributed by atoms with Crippen molar-refractivity contribution in [3.63, 3.8) is 0 Å². The molecule has 0 radical (unpaired) electrons. The van der Waals surface area contributed by atoms with Crippen LogP contribution in [0, 0.1) is 17.5 Å². The third-order valence-corrected chi connectivity index (χ3v) is 2.93. The van der Waals surface area contributed by atoms with E-state index in [1.165, 1.54) is 0 Å². The molecule has 0 bridgehead atoms. The number of benzene rings is 2. The van der Waals surface area contributed by atoms with E-state index in [9.17, 15) is 13.2 Å². The summed E-state index contributed by atoms with van der Waals surface area (Å²) in [6, 6.07) is 8.61. The van der Waals surface area contributed by atoms with E-state index < -0.39 is 17.5 Å². The summed E-state index contributed by atoms with van der Waals surface area (Å²) in [5.74, 6) is -3.05. The standard InChI is InChI=1S/C15H14F3NO/c16-13-8-15(18)14(17)7-11(13)9-19-12-3-1-10(2-4-12)5-6-20/h1-4,7-8,19-20H,5-6,9H2. The Morgan fingerprint density at radius 1 is 0.900 bits per heavy atom. The molecule has 0 aliphatic carbocycles. The van der Waals surface area contributed by atoms with Crippen molar-refractivity contribution in [3.8, 4) is 0 Å². The van der Waals surface area contributed by atoms with Crippen LogP contribution in [0.1, 0.15) is 11.1 Å². The average molecular weight is 281 g/mol. The molecule has 0 atom stereocenters. The Morgan fingerprint density at radius 3 is 2.20 bits per heavy atom. The van der Waals surface area contributed by atoms with Crippen LogP contribution >= 0.6 is 0 Å². The summed E-state index contributed by atoms with van der Waals surface area (Å²) < 4.78 is 39.2. The van der Waals surface area contributed by atoms with Crippen molar-refractivity contribution in [3.05, 3.63) is 65.0 Å². The number of aliphatic hydroxyl groups is 1. The van der Waals surface area contributed by atoms with Crippen LogP contribution < -0.4 is 5.32 Å². The van der Waals surface area contributed by atoms with Gasteiger partial charge in [-0.25, -0.2) is 13.2 Å². The van der Waals surface area contributed by atoms with Crippen LogP contribution in [0.4, 0.5) is 18.9 Å². The third kappa shape index (κ3) is 3.51. The number of hydrogen-bond donors (Lipinski definition) is 2. The van der Waals surface area contributed by atoms with Gasteiger partial charge in [0.1, 0.15) is 5.82 Å². The number of nitrogens with one attached hydrogen (secondary N) is 1. The lowest BCUT2D eigenvalue weighted by Gasteiger charge is -2.09. The second kappa shape index (κ2) is 6.43. The van der Waals surface area contributed by atoms with E-state index in [0.29, 0.717) is 12.5 Å². The quantitative estimate of drug-likeness (QED) is 0.825. The van der Waals surface area contributed by atoms with Crippen LogP contribution in [0.25, 0.3) is 0 Å². The maximum atomic E-state index is 13.4. The first-order chi connectivity index (χ1) is 9.60. The van der Waals surface area contributed by atoms with Gasteiger partial charge in [0.25, 0.3) is 0 Å². The van der Waals surface area contributed by atoms with Crippen molar-refractivity contribution in [2.45, 2.75) is 13.0 Å². The SMILES string of the molecule is OCCc1ccc(NCc2cc(F)c(F)cc2F)cc1. The largest absolute Gasteiger partial charge is 0.396 e. The lowest BCUT2D eigenvalue weighted by Crippen LogP contribution is -2.03. The minimum absolute atomic E-state index is 0.0579. The zero-order chi connectivity index (χ0) is 14.5. The fourth-order valence-electron chi connectivity index (χ4n) is 1.81. The van der Waals surface area contributed by atoms with Crippen LogP contribution in [0.2, 0.25) is 0 Å².